The predicted molar refractivity (Wildman–Crippen MR) is 71.2 cm³/mol. The molecule has 1 aliphatic carbocycles. The molecule has 1 aliphatic heterocycles. The number of methoxy groups -OCH3 is 1. The van der Waals surface area contributed by atoms with Crippen molar-refractivity contribution in [2.45, 2.75) is 44.2 Å². The van der Waals surface area contributed by atoms with Crippen LogP contribution in [0.2, 0.25) is 0 Å². The van der Waals surface area contributed by atoms with Crippen LogP contribution in [0.25, 0.3) is 0 Å². The van der Waals surface area contributed by atoms with Crippen LogP contribution in [0.3, 0.4) is 0 Å². The van der Waals surface area contributed by atoms with Crippen LogP contribution in [0.1, 0.15) is 38.2 Å². The SMILES string of the molecule is COc1cc(F)cc(C2(C)CCCN2)c1OC1CC1. The number of benzene rings is 1. The minimum absolute atomic E-state index is 0.223. The molecule has 0 amide bonds. The largest absolute Gasteiger partial charge is 0.493 e. The molecule has 1 unspecified atom stereocenters. The Morgan fingerprint density at radius 2 is 2.16 bits per heavy atom. The Balaban J connectivity index is 2.06. The summed E-state index contributed by atoms with van der Waals surface area (Å²) >= 11 is 0. The third kappa shape index (κ3) is 2.41. The molecule has 4 heteroatoms. The van der Waals surface area contributed by atoms with Gasteiger partial charge < -0.3 is 14.8 Å². The van der Waals surface area contributed by atoms with E-state index in [0.29, 0.717) is 11.5 Å². The van der Waals surface area contributed by atoms with E-state index < -0.39 is 0 Å². The normalized spacial score (nSPS) is 26.5. The Hall–Kier alpha value is -1.29. The number of hydrogen-bond donors (Lipinski definition) is 1. The summed E-state index contributed by atoms with van der Waals surface area (Å²) in [7, 11) is 1.56. The van der Waals surface area contributed by atoms with E-state index in [1.807, 2.05) is 0 Å². The molecule has 3 nitrogen and oxygen atoms in total. The van der Waals surface area contributed by atoms with E-state index in [1.165, 1.54) is 6.07 Å². The van der Waals surface area contributed by atoms with E-state index in [9.17, 15) is 4.39 Å². The van der Waals surface area contributed by atoms with Gasteiger partial charge in [0.1, 0.15) is 5.82 Å². The van der Waals surface area contributed by atoms with Gasteiger partial charge in [-0.05, 0) is 45.2 Å². The Morgan fingerprint density at radius 1 is 1.37 bits per heavy atom. The van der Waals surface area contributed by atoms with E-state index in [-0.39, 0.29) is 17.5 Å². The Labute approximate surface area is 113 Å². The molecular formula is C15H20FNO2. The van der Waals surface area contributed by atoms with Crippen molar-refractivity contribution in [3.05, 3.63) is 23.5 Å². The average molecular weight is 265 g/mol. The van der Waals surface area contributed by atoms with Gasteiger partial charge >= 0.3 is 0 Å². The zero-order valence-corrected chi connectivity index (χ0v) is 11.5. The molecule has 0 radical (unpaired) electrons. The van der Waals surface area contributed by atoms with Gasteiger partial charge in [-0.2, -0.15) is 0 Å². The maximum atomic E-state index is 13.8. The van der Waals surface area contributed by atoms with Crippen molar-refractivity contribution in [1.82, 2.24) is 5.32 Å². The molecule has 3 rings (SSSR count). The minimum atomic E-state index is -0.273. The lowest BCUT2D eigenvalue weighted by Gasteiger charge is -2.28. The molecule has 1 aromatic carbocycles. The Kier molecular flexibility index (Phi) is 3.13. The fourth-order valence-corrected chi connectivity index (χ4v) is 2.73. The van der Waals surface area contributed by atoms with Gasteiger partial charge in [0.05, 0.1) is 13.2 Å². The highest BCUT2D eigenvalue weighted by Gasteiger charge is 2.36. The van der Waals surface area contributed by atoms with Gasteiger partial charge in [-0.3, -0.25) is 0 Å². The minimum Gasteiger partial charge on any atom is -0.493 e. The van der Waals surface area contributed by atoms with Crippen molar-refractivity contribution in [2.75, 3.05) is 13.7 Å². The van der Waals surface area contributed by atoms with Crippen LogP contribution in [-0.4, -0.2) is 19.8 Å². The van der Waals surface area contributed by atoms with E-state index >= 15 is 0 Å². The molecule has 1 saturated carbocycles. The first-order valence-electron chi connectivity index (χ1n) is 6.92. The van der Waals surface area contributed by atoms with Crippen molar-refractivity contribution in [2.24, 2.45) is 0 Å². The second kappa shape index (κ2) is 4.67. The summed E-state index contributed by atoms with van der Waals surface area (Å²) in [5, 5.41) is 3.46. The van der Waals surface area contributed by atoms with Crippen molar-refractivity contribution in [3.63, 3.8) is 0 Å². The van der Waals surface area contributed by atoms with Crippen LogP contribution < -0.4 is 14.8 Å². The Bertz CT molecular complexity index is 479. The molecule has 1 N–H and O–H groups in total. The lowest BCUT2D eigenvalue weighted by atomic mass is 9.89. The smallest absolute Gasteiger partial charge is 0.166 e. The monoisotopic (exact) mass is 265 g/mol. The highest BCUT2D eigenvalue weighted by Crippen LogP contribution is 2.44. The number of halogens is 1. The molecule has 2 fully saturated rings. The molecule has 0 aromatic heterocycles. The second-order valence-corrected chi connectivity index (χ2v) is 5.66. The lowest BCUT2D eigenvalue weighted by Crippen LogP contribution is -2.34. The van der Waals surface area contributed by atoms with Gasteiger partial charge in [0, 0.05) is 17.2 Å². The third-order valence-corrected chi connectivity index (χ3v) is 4.01. The maximum Gasteiger partial charge on any atom is 0.166 e. The number of rotatable bonds is 4. The first-order chi connectivity index (χ1) is 9.12. The van der Waals surface area contributed by atoms with Crippen LogP contribution in [0.15, 0.2) is 12.1 Å². The molecule has 1 heterocycles. The van der Waals surface area contributed by atoms with Crippen LogP contribution in [0, 0.1) is 5.82 Å². The van der Waals surface area contributed by atoms with Gasteiger partial charge in [-0.25, -0.2) is 4.39 Å². The second-order valence-electron chi connectivity index (χ2n) is 5.66. The predicted octanol–water partition coefficient (Wildman–Crippen LogP) is 2.97. The zero-order chi connectivity index (χ0) is 13.5. The van der Waals surface area contributed by atoms with Gasteiger partial charge in [-0.15, -0.1) is 0 Å². The van der Waals surface area contributed by atoms with Crippen LogP contribution >= 0.6 is 0 Å². The maximum absolute atomic E-state index is 13.8. The summed E-state index contributed by atoms with van der Waals surface area (Å²) in [5.41, 5.74) is 0.660. The highest BCUT2D eigenvalue weighted by molar-refractivity contribution is 5.51. The fourth-order valence-electron chi connectivity index (χ4n) is 2.73. The Morgan fingerprint density at radius 3 is 2.74 bits per heavy atom. The van der Waals surface area contributed by atoms with Crippen LogP contribution in [-0.2, 0) is 5.54 Å². The van der Waals surface area contributed by atoms with E-state index in [0.717, 1.165) is 37.8 Å². The average Bonchev–Trinajstić information content (AvgIpc) is 3.10. The molecule has 0 bridgehead atoms. The number of nitrogens with one attached hydrogen (secondary N) is 1. The molecule has 1 atom stereocenters. The lowest BCUT2D eigenvalue weighted by molar-refractivity contribution is 0.267. The van der Waals surface area contributed by atoms with Crippen molar-refractivity contribution in [3.8, 4) is 11.5 Å². The molecule has 0 spiro atoms. The highest BCUT2D eigenvalue weighted by atomic mass is 19.1. The third-order valence-electron chi connectivity index (χ3n) is 4.01. The van der Waals surface area contributed by atoms with Crippen molar-refractivity contribution >= 4 is 0 Å². The summed E-state index contributed by atoms with van der Waals surface area (Å²) in [6, 6.07) is 2.98. The standard InChI is InChI=1S/C15H20FNO2/c1-15(6-3-7-17-15)12-8-10(16)9-13(18-2)14(12)19-11-4-5-11/h8-9,11,17H,3-7H2,1-2H3. The van der Waals surface area contributed by atoms with Gasteiger partial charge in [-0.1, -0.05) is 0 Å². The quantitative estimate of drug-likeness (QED) is 0.908. The van der Waals surface area contributed by atoms with Gasteiger partial charge in [0.2, 0.25) is 0 Å². The summed E-state index contributed by atoms with van der Waals surface area (Å²) in [6.45, 7) is 3.06. The van der Waals surface area contributed by atoms with E-state index in [4.69, 9.17) is 9.47 Å². The molecule has 19 heavy (non-hydrogen) atoms. The summed E-state index contributed by atoms with van der Waals surface area (Å²) < 4.78 is 25.1. The van der Waals surface area contributed by atoms with Gasteiger partial charge in [0.15, 0.2) is 11.5 Å². The first-order valence-corrected chi connectivity index (χ1v) is 6.92. The summed E-state index contributed by atoms with van der Waals surface area (Å²) in [5.74, 6) is 0.935. The zero-order valence-electron chi connectivity index (χ0n) is 11.5. The topological polar surface area (TPSA) is 30.5 Å². The van der Waals surface area contributed by atoms with E-state index in [2.05, 4.69) is 12.2 Å². The van der Waals surface area contributed by atoms with Crippen LogP contribution in [0.5, 0.6) is 11.5 Å². The number of hydrogen-bond acceptors (Lipinski definition) is 3. The fraction of sp³-hybridized carbons (Fsp3) is 0.600. The van der Waals surface area contributed by atoms with Gasteiger partial charge in [0.25, 0.3) is 0 Å². The van der Waals surface area contributed by atoms with Crippen LogP contribution in [0.4, 0.5) is 4.39 Å². The first kappa shape index (κ1) is 12.7. The van der Waals surface area contributed by atoms with E-state index in [1.54, 1.807) is 13.2 Å². The molecular weight excluding hydrogens is 245 g/mol. The molecule has 1 saturated heterocycles. The number of ether oxygens (including phenoxy) is 2. The molecule has 104 valence electrons. The molecule has 2 aliphatic rings. The summed E-state index contributed by atoms with van der Waals surface area (Å²) in [6.07, 6.45) is 4.50. The summed E-state index contributed by atoms with van der Waals surface area (Å²) in [4.78, 5) is 0. The van der Waals surface area contributed by atoms with Crippen molar-refractivity contribution in [1.29, 1.82) is 0 Å². The van der Waals surface area contributed by atoms with Crippen molar-refractivity contribution < 1.29 is 13.9 Å². The molecule has 1 aromatic rings.